The Labute approximate surface area is 443 Å². The van der Waals surface area contributed by atoms with Gasteiger partial charge >= 0.3 is 25.7 Å². The van der Waals surface area contributed by atoms with E-state index in [2.05, 4.69) is 20.8 Å². The zero-order chi connectivity index (χ0) is 52.7. The zero-order valence-electron chi connectivity index (χ0n) is 47.4. The van der Waals surface area contributed by atoms with Gasteiger partial charge in [0, 0.05) is 19.3 Å². The molecule has 0 fully saturated rings. The Morgan fingerprint density at radius 2 is 0.556 bits per heavy atom. The minimum atomic E-state index is -4.73. The van der Waals surface area contributed by atoms with Crippen LogP contribution < -0.4 is 0 Å². The average Bonchev–Trinajstić information content (AvgIpc) is 3.37. The van der Waals surface area contributed by atoms with Crippen molar-refractivity contribution in [2.75, 3.05) is 26.4 Å². The van der Waals surface area contributed by atoms with Gasteiger partial charge < -0.3 is 24.2 Å². The second kappa shape index (κ2) is 55.7. The van der Waals surface area contributed by atoms with Crippen molar-refractivity contribution in [2.45, 2.75) is 341 Å². The molecule has 11 nitrogen and oxygen atoms in total. The van der Waals surface area contributed by atoms with Crippen LogP contribution in [0.2, 0.25) is 0 Å². The standard InChI is InChI=1S/C60H117O11P/c1-4-7-10-13-16-19-22-24-26-27-28-29-31-33-36-39-42-45-48-51-60(64)71-57(53-67-58(62)49-46-43-40-37-34-21-18-15-12-9-6-3)55-69-72(65,66)68-54-56(52-61)70-59(63)50-47-44-41-38-35-32-30-25-23-20-17-14-11-8-5-2/h56-57,61H,4-55H2,1-3H3,(H,65,66). The lowest BCUT2D eigenvalue weighted by Crippen LogP contribution is -2.30. The summed E-state index contributed by atoms with van der Waals surface area (Å²) in [6, 6.07) is 0. The van der Waals surface area contributed by atoms with Crippen molar-refractivity contribution in [3.8, 4) is 0 Å². The molecule has 0 spiro atoms. The number of aliphatic hydroxyl groups is 1. The molecule has 0 aromatic carbocycles. The van der Waals surface area contributed by atoms with Crippen LogP contribution in [0, 0.1) is 0 Å². The number of phosphoric ester groups is 1. The van der Waals surface area contributed by atoms with Crippen LogP contribution in [-0.2, 0) is 42.2 Å². The third-order valence-electron chi connectivity index (χ3n) is 14.0. The first-order chi connectivity index (χ1) is 35.2. The number of hydrogen-bond acceptors (Lipinski definition) is 10. The normalized spacial score (nSPS) is 13.2. The Morgan fingerprint density at radius 1 is 0.333 bits per heavy atom. The predicted molar refractivity (Wildman–Crippen MR) is 298 cm³/mol. The molecule has 0 aliphatic rings. The third kappa shape index (κ3) is 53.3. The quantitative estimate of drug-likeness (QED) is 0.0259. The summed E-state index contributed by atoms with van der Waals surface area (Å²) in [6.07, 6.45) is 53.4. The largest absolute Gasteiger partial charge is 0.472 e. The van der Waals surface area contributed by atoms with Crippen molar-refractivity contribution in [2.24, 2.45) is 0 Å². The molecule has 3 atom stereocenters. The van der Waals surface area contributed by atoms with Gasteiger partial charge in [-0.1, -0.05) is 290 Å². The number of rotatable bonds is 59. The molecule has 0 amide bonds. The Bertz CT molecular complexity index is 1220. The SMILES string of the molecule is CCCCCCCCCCCCCCCCCCCCCC(=O)OC(COC(=O)CCCCCCCCCCCCC)COP(=O)(O)OCC(CO)OC(=O)CCCCCCCCCCCCCCCCC. The molecule has 0 aromatic rings. The van der Waals surface area contributed by atoms with E-state index in [1.165, 1.54) is 212 Å². The molecule has 0 rings (SSSR count). The summed E-state index contributed by atoms with van der Waals surface area (Å²) in [6.45, 7) is 4.72. The molecule has 0 radical (unpaired) electrons. The van der Waals surface area contributed by atoms with Crippen molar-refractivity contribution < 1.29 is 52.2 Å². The topological polar surface area (TPSA) is 155 Å². The van der Waals surface area contributed by atoms with Gasteiger partial charge in [-0.3, -0.25) is 23.4 Å². The second-order valence-corrected chi connectivity index (χ2v) is 22.7. The molecule has 0 bridgehead atoms. The highest BCUT2D eigenvalue weighted by Crippen LogP contribution is 2.43. The summed E-state index contributed by atoms with van der Waals surface area (Å²) in [5, 5.41) is 9.82. The molecular formula is C60H117O11P. The molecule has 2 N–H and O–H groups in total. The van der Waals surface area contributed by atoms with E-state index in [4.69, 9.17) is 23.3 Å². The average molecular weight is 1050 g/mol. The molecule has 0 saturated heterocycles. The van der Waals surface area contributed by atoms with Crippen molar-refractivity contribution in [3.05, 3.63) is 0 Å². The highest BCUT2D eigenvalue weighted by Gasteiger charge is 2.28. The Balaban J connectivity index is 4.58. The lowest BCUT2D eigenvalue weighted by Gasteiger charge is -2.21. The second-order valence-electron chi connectivity index (χ2n) is 21.2. The Hall–Kier alpha value is -1.52. The number of esters is 3. The number of unbranched alkanes of at least 4 members (excludes halogenated alkanes) is 42. The lowest BCUT2D eigenvalue weighted by atomic mass is 10.0. The summed E-state index contributed by atoms with van der Waals surface area (Å²) in [5.74, 6) is -1.42. The number of carbonyl (C=O) groups excluding carboxylic acids is 3. The minimum absolute atomic E-state index is 0.179. The molecule has 0 saturated carbocycles. The first kappa shape index (κ1) is 70.5. The number of phosphoric acid groups is 1. The van der Waals surface area contributed by atoms with Gasteiger partial charge in [0.1, 0.15) is 12.7 Å². The number of hydrogen-bond donors (Lipinski definition) is 2. The molecule has 12 heteroatoms. The molecule has 0 aromatic heterocycles. The lowest BCUT2D eigenvalue weighted by molar-refractivity contribution is -0.161. The molecule has 72 heavy (non-hydrogen) atoms. The van der Waals surface area contributed by atoms with E-state index >= 15 is 0 Å². The number of ether oxygens (including phenoxy) is 3. The van der Waals surface area contributed by atoms with Crippen LogP contribution >= 0.6 is 7.82 Å². The van der Waals surface area contributed by atoms with Gasteiger partial charge in [0.2, 0.25) is 0 Å². The van der Waals surface area contributed by atoms with E-state index in [-0.39, 0.29) is 25.9 Å². The van der Waals surface area contributed by atoms with E-state index < -0.39 is 57.8 Å². The highest BCUT2D eigenvalue weighted by molar-refractivity contribution is 7.47. The van der Waals surface area contributed by atoms with Crippen molar-refractivity contribution >= 4 is 25.7 Å². The summed E-state index contributed by atoms with van der Waals surface area (Å²) >= 11 is 0. The number of aliphatic hydroxyl groups excluding tert-OH is 1. The fourth-order valence-corrected chi connectivity index (χ4v) is 10.1. The van der Waals surface area contributed by atoms with Gasteiger partial charge in [-0.2, -0.15) is 0 Å². The Kier molecular flexibility index (Phi) is 54.5. The van der Waals surface area contributed by atoms with Gasteiger partial charge in [0.25, 0.3) is 0 Å². The summed E-state index contributed by atoms with van der Waals surface area (Å²) in [4.78, 5) is 48.6. The van der Waals surface area contributed by atoms with E-state index in [1.54, 1.807) is 0 Å². The van der Waals surface area contributed by atoms with Crippen LogP contribution in [0.25, 0.3) is 0 Å². The van der Waals surface area contributed by atoms with Crippen molar-refractivity contribution in [1.82, 2.24) is 0 Å². The van der Waals surface area contributed by atoms with Gasteiger partial charge in [-0.25, -0.2) is 4.57 Å². The molecule has 3 unspecified atom stereocenters. The first-order valence-electron chi connectivity index (χ1n) is 30.9. The van der Waals surface area contributed by atoms with Crippen LogP contribution in [0.4, 0.5) is 0 Å². The third-order valence-corrected chi connectivity index (χ3v) is 15.0. The van der Waals surface area contributed by atoms with E-state index in [0.29, 0.717) is 19.3 Å². The summed E-state index contributed by atoms with van der Waals surface area (Å²) < 4.78 is 39.6. The fraction of sp³-hybridized carbons (Fsp3) is 0.950. The molecule has 428 valence electrons. The van der Waals surface area contributed by atoms with Crippen LogP contribution in [0.15, 0.2) is 0 Å². The maximum atomic E-state index is 12.9. The van der Waals surface area contributed by atoms with Crippen molar-refractivity contribution in [3.63, 3.8) is 0 Å². The molecule has 0 aliphatic heterocycles. The van der Waals surface area contributed by atoms with Crippen molar-refractivity contribution in [1.29, 1.82) is 0 Å². The van der Waals surface area contributed by atoms with Crippen LogP contribution in [0.3, 0.4) is 0 Å². The van der Waals surface area contributed by atoms with Gasteiger partial charge in [-0.15, -0.1) is 0 Å². The smallest absolute Gasteiger partial charge is 0.462 e. The molecule has 0 aliphatic carbocycles. The maximum absolute atomic E-state index is 12.9. The first-order valence-corrected chi connectivity index (χ1v) is 32.4. The predicted octanol–water partition coefficient (Wildman–Crippen LogP) is 18.3. The number of carbonyl (C=O) groups is 3. The van der Waals surface area contributed by atoms with Crippen LogP contribution in [0.5, 0.6) is 0 Å². The molecular weight excluding hydrogens is 928 g/mol. The van der Waals surface area contributed by atoms with E-state index in [1.807, 2.05) is 0 Å². The van der Waals surface area contributed by atoms with Gasteiger partial charge in [-0.05, 0) is 19.3 Å². The van der Waals surface area contributed by atoms with Gasteiger partial charge in [0.05, 0.1) is 19.8 Å². The highest BCUT2D eigenvalue weighted by atomic mass is 31.2. The van der Waals surface area contributed by atoms with E-state index in [9.17, 15) is 28.9 Å². The Morgan fingerprint density at radius 3 is 0.819 bits per heavy atom. The van der Waals surface area contributed by atoms with Gasteiger partial charge in [0.15, 0.2) is 6.10 Å². The minimum Gasteiger partial charge on any atom is -0.462 e. The molecule has 0 heterocycles. The monoisotopic (exact) mass is 1040 g/mol. The summed E-state index contributed by atoms with van der Waals surface area (Å²) in [5.41, 5.74) is 0. The summed E-state index contributed by atoms with van der Waals surface area (Å²) in [7, 11) is -4.73. The van der Waals surface area contributed by atoms with E-state index in [0.717, 1.165) is 57.8 Å². The zero-order valence-corrected chi connectivity index (χ0v) is 48.3. The van der Waals surface area contributed by atoms with Crippen LogP contribution in [-0.4, -0.2) is 66.5 Å². The maximum Gasteiger partial charge on any atom is 0.472 e. The fourth-order valence-electron chi connectivity index (χ4n) is 9.30. The van der Waals surface area contributed by atoms with Crippen LogP contribution in [0.1, 0.15) is 329 Å².